The average molecular weight is 237 g/mol. The topological polar surface area (TPSA) is 79.1 Å². The largest absolute Gasteiger partial charge is 0.507 e. The summed E-state index contributed by atoms with van der Waals surface area (Å²) in [6.07, 6.45) is 1.42. The van der Waals surface area contributed by atoms with E-state index in [0.29, 0.717) is 11.1 Å². The van der Waals surface area contributed by atoms with E-state index >= 15 is 0 Å². The molecule has 0 amide bonds. The molecule has 0 spiro atoms. The van der Waals surface area contributed by atoms with Gasteiger partial charge < -0.3 is 14.9 Å². The molecule has 0 saturated heterocycles. The molecule has 2 N–H and O–H groups in total. The van der Waals surface area contributed by atoms with E-state index in [1.807, 2.05) is 0 Å². The fourth-order valence-electron chi connectivity index (χ4n) is 1.16. The van der Waals surface area contributed by atoms with Gasteiger partial charge in [-0.25, -0.2) is 4.79 Å². The van der Waals surface area contributed by atoms with Gasteiger partial charge in [0, 0.05) is 11.8 Å². The number of carbonyl (C=O) groups excluding carboxylic acids is 1. The zero-order chi connectivity index (χ0) is 12.8. The predicted molar refractivity (Wildman–Crippen MR) is 63.6 cm³/mol. The summed E-state index contributed by atoms with van der Waals surface area (Å²) in [4.78, 5) is 15.3. The molecule has 1 atom stereocenters. The molecular formula is C12H15NO4. The number of methoxy groups -OCH3 is 1. The van der Waals surface area contributed by atoms with Crippen molar-refractivity contribution < 1.29 is 19.7 Å². The van der Waals surface area contributed by atoms with E-state index in [4.69, 9.17) is 5.11 Å². The number of phenolic OH excluding ortho intramolecular Hbond substituents is 1. The fraction of sp³-hybridized carbons (Fsp3) is 0.333. The van der Waals surface area contributed by atoms with Crippen molar-refractivity contribution >= 4 is 12.2 Å². The molecule has 0 aliphatic heterocycles. The van der Waals surface area contributed by atoms with Crippen LogP contribution in [-0.4, -0.2) is 42.2 Å². The summed E-state index contributed by atoms with van der Waals surface area (Å²) in [5.41, 5.74) is 0.747. The third-order valence-electron chi connectivity index (χ3n) is 2.18. The van der Waals surface area contributed by atoms with E-state index in [-0.39, 0.29) is 18.4 Å². The Morgan fingerprint density at radius 1 is 1.59 bits per heavy atom. The first kappa shape index (κ1) is 13.2. The summed E-state index contributed by atoms with van der Waals surface area (Å²) in [6.45, 7) is 1.66. The quantitative estimate of drug-likeness (QED) is 0.604. The second-order valence-electron chi connectivity index (χ2n) is 3.57. The van der Waals surface area contributed by atoms with Crippen LogP contribution in [0.25, 0.3) is 0 Å². The van der Waals surface area contributed by atoms with Crippen LogP contribution in [0, 0.1) is 0 Å². The average Bonchev–Trinajstić information content (AvgIpc) is 2.36. The zero-order valence-corrected chi connectivity index (χ0v) is 9.75. The van der Waals surface area contributed by atoms with Crippen LogP contribution in [0.15, 0.2) is 23.2 Å². The van der Waals surface area contributed by atoms with Crippen LogP contribution in [0.1, 0.15) is 22.8 Å². The first-order chi connectivity index (χ1) is 8.08. The monoisotopic (exact) mass is 237 g/mol. The van der Waals surface area contributed by atoms with Crippen LogP contribution < -0.4 is 0 Å². The van der Waals surface area contributed by atoms with Crippen molar-refractivity contribution in [1.82, 2.24) is 0 Å². The molecule has 5 nitrogen and oxygen atoms in total. The minimum Gasteiger partial charge on any atom is -0.507 e. The molecule has 0 fully saturated rings. The van der Waals surface area contributed by atoms with E-state index in [0.717, 1.165) is 0 Å². The van der Waals surface area contributed by atoms with Crippen LogP contribution in [0.3, 0.4) is 0 Å². The van der Waals surface area contributed by atoms with Crippen LogP contribution >= 0.6 is 0 Å². The van der Waals surface area contributed by atoms with Gasteiger partial charge in [0.2, 0.25) is 0 Å². The minimum atomic E-state index is -0.477. The van der Waals surface area contributed by atoms with Crippen molar-refractivity contribution in [2.45, 2.75) is 13.0 Å². The van der Waals surface area contributed by atoms with Gasteiger partial charge in [-0.3, -0.25) is 4.99 Å². The Morgan fingerprint density at radius 3 is 2.88 bits per heavy atom. The Balaban J connectivity index is 2.98. The number of aromatic hydroxyl groups is 1. The van der Waals surface area contributed by atoms with Gasteiger partial charge in [-0.1, -0.05) is 0 Å². The number of rotatable bonds is 4. The number of carbonyl (C=O) groups is 1. The van der Waals surface area contributed by atoms with Crippen molar-refractivity contribution in [2.75, 3.05) is 13.7 Å². The molecule has 1 aromatic rings. The maximum Gasteiger partial charge on any atom is 0.337 e. The van der Waals surface area contributed by atoms with Crippen molar-refractivity contribution in [1.29, 1.82) is 0 Å². The van der Waals surface area contributed by atoms with E-state index in [2.05, 4.69) is 9.73 Å². The standard InChI is InChI=1S/C12H15NO4/c1-8(7-14)13-6-10-5-9(12(16)17-2)3-4-11(10)15/h3-6,8,14-15H,7H2,1-2H3/b13-6+. The van der Waals surface area contributed by atoms with Gasteiger partial charge in [-0.15, -0.1) is 0 Å². The molecule has 0 radical (unpaired) electrons. The molecule has 0 heterocycles. The second kappa shape index (κ2) is 6.00. The highest BCUT2D eigenvalue weighted by atomic mass is 16.5. The second-order valence-corrected chi connectivity index (χ2v) is 3.57. The van der Waals surface area contributed by atoms with Crippen LogP contribution in [-0.2, 0) is 4.74 Å². The Hall–Kier alpha value is -1.88. The number of hydrogen-bond acceptors (Lipinski definition) is 5. The first-order valence-corrected chi connectivity index (χ1v) is 5.14. The van der Waals surface area contributed by atoms with E-state index in [1.165, 1.54) is 31.5 Å². The lowest BCUT2D eigenvalue weighted by atomic mass is 10.1. The molecule has 0 saturated carbocycles. The number of phenols is 1. The molecule has 5 heteroatoms. The molecule has 17 heavy (non-hydrogen) atoms. The van der Waals surface area contributed by atoms with Crippen molar-refractivity contribution in [3.05, 3.63) is 29.3 Å². The van der Waals surface area contributed by atoms with E-state index in [9.17, 15) is 9.90 Å². The number of aliphatic imine (C=N–C) groups is 1. The molecule has 1 unspecified atom stereocenters. The van der Waals surface area contributed by atoms with Crippen molar-refractivity contribution in [3.63, 3.8) is 0 Å². The molecule has 92 valence electrons. The smallest absolute Gasteiger partial charge is 0.337 e. The summed E-state index contributed by atoms with van der Waals surface area (Å²) in [6, 6.07) is 4.09. The summed E-state index contributed by atoms with van der Waals surface area (Å²) >= 11 is 0. The number of benzene rings is 1. The van der Waals surface area contributed by atoms with Crippen LogP contribution in [0.4, 0.5) is 0 Å². The van der Waals surface area contributed by atoms with E-state index in [1.54, 1.807) is 6.92 Å². The van der Waals surface area contributed by atoms with Crippen molar-refractivity contribution in [2.24, 2.45) is 4.99 Å². The first-order valence-electron chi connectivity index (χ1n) is 5.14. The Kier molecular flexibility index (Phi) is 4.66. The highest BCUT2D eigenvalue weighted by molar-refractivity contribution is 5.93. The van der Waals surface area contributed by atoms with Gasteiger partial charge >= 0.3 is 5.97 Å². The van der Waals surface area contributed by atoms with Gasteiger partial charge in [0.15, 0.2) is 0 Å². The summed E-state index contributed by atoms with van der Waals surface area (Å²) < 4.78 is 4.57. The van der Waals surface area contributed by atoms with Gasteiger partial charge in [0.25, 0.3) is 0 Å². The molecule has 0 aliphatic rings. The number of esters is 1. The minimum absolute atomic E-state index is 0.0199. The molecular weight excluding hydrogens is 222 g/mol. The van der Waals surface area contributed by atoms with Gasteiger partial charge in [0.1, 0.15) is 5.75 Å². The number of aliphatic hydroxyl groups is 1. The lowest BCUT2D eigenvalue weighted by Gasteiger charge is -2.04. The lowest BCUT2D eigenvalue weighted by molar-refractivity contribution is 0.0600. The Bertz CT molecular complexity index is 429. The maximum absolute atomic E-state index is 11.3. The maximum atomic E-state index is 11.3. The Morgan fingerprint density at radius 2 is 2.29 bits per heavy atom. The Labute approximate surface area is 99.4 Å². The molecule has 0 aromatic heterocycles. The zero-order valence-electron chi connectivity index (χ0n) is 9.75. The summed E-state index contributed by atoms with van der Waals surface area (Å²) in [7, 11) is 1.29. The molecule has 0 bridgehead atoms. The number of ether oxygens (including phenoxy) is 1. The molecule has 0 aliphatic carbocycles. The number of nitrogens with zero attached hydrogens (tertiary/aromatic N) is 1. The third kappa shape index (κ3) is 3.57. The molecule has 1 aromatic carbocycles. The van der Waals surface area contributed by atoms with Crippen LogP contribution in [0.5, 0.6) is 5.75 Å². The van der Waals surface area contributed by atoms with Crippen LogP contribution in [0.2, 0.25) is 0 Å². The highest BCUT2D eigenvalue weighted by Gasteiger charge is 2.08. The number of hydrogen-bond donors (Lipinski definition) is 2. The summed E-state index contributed by atoms with van der Waals surface area (Å²) in [5.74, 6) is -0.457. The van der Waals surface area contributed by atoms with Gasteiger partial charge in [-0.05, 0) is 25.1 Å². The summed E-state index contributed by atoms with van der Waals surface area (Å²) in [5, 5.41) is 18.4. The highest BCUT2D eigenvalue weighted by Crippen LogP contribution is 2.17. The van der Waals surface area contributed by atoms with Gasteiger partial charge in [0.05, 0.1) is 25.3 Å². The predicted octanol–water partition coefficient (Wildman–Crippen LogP) is 0.978. The third-order valence-corrected chi connectivity index (χ3v) is 2.18. The number of aliphatic hydroxyl groups excluding tert-OH is 1. The normalized spacial score (nSPS) is 12.6. The lowest BCUT2D eigenvalue weighted by Crippen LogP contribution is -2.05. The van der Waals surface area contributed by atoms with Crippen molar-refractivity contribution in [3.8, 4) is 5.75 Å². The fourth-order valence-corrected chi connectivity index (χ4v) is 1.16. The van der Waals surface area contributed by atoms with Gasteiger partial charge in [-0.2, -0.15) is 0 Å². The van der Waals surface area contributed by atoms with E-state index < -0.39 is 5.97 Å². The SMILES string of the molecule is COC(=O)c1ccc(O)c(/C=N/C(C)CO)c1. The molecule has 1 rings (SSSR count).